The maximum absolute atomic E-state index is 10.4. The van der Waals surface area contributed by atoms with Crippen molar-refractivity contribution in [3.63, 3.8) is 0 Å². The summed E-state index contributed by atoms with van der Waals surface area (Å²) in [6.07, 6.45) is 10.9. The molecule has 0 saturated carbocycles. The summed E-state index contributed by atoms with van der Waals surface area (Å²) in [7, 11) is 0. The van der Waals surface area contributed by atoms with Crippen LogP contribution in [-0.4, -0.2) is 6.29 Å². The van der Waals surface area contributed by atoms with Gasteiger partial charge in [-0.05, 0) is 39.0 Å². The third-order valence-electron chi connectivity index (χ3n) is 2.40. The summed E-state index contributed by atoms with van der Waals surface area (Å²) < 4.78 is 0. The van der Waals surface area contributed by atoms with Crippen LogP contribution in [0.25, 0.3) is 0 Å². The summed E-state index contributed by atoms with van der Waals surface area (Å²) >= 11 is 0. The minimum absolute atomic E-state index is 0.0648. The molecule has 0 aromatic rings. The lowest BCUT2D eigenvalue weighted by Gasteiger charge is -2.06. The van der Waals surface area contributed by atoms with Crippen LogP contribution in [-0.2, 0) is 4.79 Å². The van der Waals surface area contributed by atoms with Crippen molar-refractivity contribution in [2.24, 2.45) is 11.8 Å². The molecule has 0 aliphatic heterocycles. The van der Waals surface area contributed by atoms with Crippen molar-refractivity contribution in [2.75, 3.05) is 0 Å². The van der Waals surface area contributed by atoms with E-state index in [1.54, 1.807) is 0 Å². The Kier molecular flexibility index (Phi) is 7.98. The van der Waals surface area contributed by atoms with Gasteiger partial charge in [-0.15, -0.1) is 0 Å². The highest BCUT2D eigenvalue weighted by Gasteiger charge is 1.98. The molecule has 0 fully saturated rings. The van der Waals surface area contributed by atoms with Gasteiger partial charge in [0.25, 0.3) is 0 Å². The highest BCUT2D eigenvalue weighted by atomic mass is 16.1. The van der Waals surface area contributed by atoms with Crippen molar-refractivity contribution in [1.82, 2.24) is 0 Å². The Morgan fingerprint density at radius 1 is 1.27 bits per heavy atom. The molecule has 0 aliphatic rings. The monoisotopic (exact) mass is 208 g/mol. The van der Waals surface area contributed by atoms with Crippen molar-refractivity contribution < 1.29 is 4.79 Å². The lowest BCUT2D eigenvalue weighted by atomic mass is 10.00. The molecule has 0 aliphatic carbocycles. The van der Waals surface area contributed by atoms with Gasteiger partial charge in [-0.3, -0.25) is 0 Å². The fourth-order valence-electron chi connectivity index (χ4n) is 1.35. The van der Waals surface area contributed by atoms with E-state index in [0.29, 0.717) is 5.92 Å². The first-order valence-corrected chi connectivity index (χ1v) is 5.81. The zero-order valence-corrected chi connectivity index (χ0v) is 10.5. The highest BCUT2D eigenvalue weighted by molar-refractivity contribution is 5.55. The first kappa shape index (κ1) is 14.2. The molecule has 0 aromatic heterocycles. The van der Waals surface area contributed by atoms with E-state index in [1.165, 1.54) is 18.4 Å². The van der Waals surface area contributed by atoms with Gasteiger partial charge in [-0.2, -0.15) is 0 Å². The van der Waals surface area contributed by atoms with Crippen LogP contribution in [0.3, 0.4) is 0 Å². The predicted molar refractivity (Wildman–Crippen MR) is 66.8 cm³/mol. The van der Waals surface area contributed by atoms with Gasteiger partial charge in [0.2, 0.25) is 0 Å². The SMILES string of the molecule is CC(C)=CCCC(C)C/C=C/C(C)C=O. The minimum Gasteiger partial charge on any atom is -0.303 e. The van der Waals surface area contributed by atoms with Crippen LogP contribution in [0, 0.1) is 11.8 Å². The molecule has 0 heterocycles. The molecular weight excluding hydrogens is 184 g/mol. The molecule has 0 radical (unpaired) electrons. The number of allylic oxidation sites excluding steroid dienone is 4. The van der Waals surface area contributed by atoms with Crippen LogP contribution >= 0.6 is 0 Å². The maximum atomic E-state index is 10.4. The molecule has 2 unspecified atom stereocenters. The number of hydrogen-bond donors (Lipinski definition) is 0. The molecule has 0 aromatic carbocycles. The van der Waals surface area contributed by atoms with E-state index in [1.807, 2.05) is 13.0 Å². The standard InChI is InChI=1S/C14H24O/c1-12(2)7-5-8-13(3)9-6-10-14(4)11-15/h6-7,10-11,13-14H,5,8-9H2,1-4H3/b10-6+. The number of carbonyl (C=O) groups is 1. The van der Waals surface area contributed by atoms with Crippen LogP contribution in [0.4, 0.5) is 0 Å². The average Bonchev–Trinajstić information content (AvgIpc) is 2.17. The molecule has 1 heteroatoms. The zero-order valence-electron chi connectivity index (χ0n) is 10.5. The Labute approximate surface area is 94.3 Å². The Morgan fingerprint density at radius 3 is 2.47 bits per heavy atom. The van der Waals surface area contributed by atoms with Crippen molar-refractivity contribution >= 4 is 6.29 Å². The number of carbonyl (C=O) groups excluding carboxylic acids is 1. The molecule has 0 saturated heterocycles. The zero-order chi connectivity index (χ0) is 11.7. The molecule has 0 N–H and O–H groups in total. The smallest absolute Gasteiger partial charge is 0.126 e. The summed E-state index contributed by atoms with van der Waals surface area (Å²) in [5.74, 6) is 0.769. The summed E-state index contributed by atoms with van der Waals surface area (Å²) in [5.41, 5.74) is 1.40. The van der Waals surface area contributed by atoms with Gasteiger partial charge < -0.3 is 4.79 Å². The average molecular weight is 208 g/mol. The number of rotatable bonds is 7. The van der Waals surface area contributed by atoms with Crippen LogP contribution in [0.2, 0.25) is 0 Å². The minimum atomic E-state index is 0.0648. The van der Waals surface area contributed by atoms with E-state index in [4.69, 9.17) is 0 Å². The van der Waals surface area contributed by atoms with E-state index in [0.717, 1.165) is 12.7 Å². The van der Waals surface area contributed by atoms with E-state index < -0.39 is 0 Å². The third kappa shape index (κ3) is 9.45. The number of hydrogen-bond acceptors (Lipinski definition) is 1. The van der Waals surface area contributed by atoms with Crippen molar-refractivity contribution in [2.45, 2.75) is 47.0 Å². The van der Waals surface area contributed by atoms with Crippen LogP contribution < -0.4 is 0 Å². The van der Waals surface area contributed by atoms with Gasteiger partial charge in [0.1, 0.15) is 6.29 Å². The van der Waals surface area contributed by atoms with Crippen LogP contribution in [0.15, 0.2) is 23.8 Å². The van der Waals surface area contributed by atoms with Gasteiger partial charge in [0.15, 0.2) is 0 Å². The highest BCUT2D eigenvalue weighted by Crippen LogP contribution is 2.12. The van der Waals surface area contributed by atoms with Crippen LogP contribution in [0.5, 0.6) is 0 Å². The lowest BCUT2D eigenvalue weighted by molar-refractivity contribution is -0.109. The van der Waals surface area contributed by atoms with Gasteiger partial charge in [-0.25, -0.2) is 0 Å². The van der Waals surface area contributed by atoms with Crippen molar-refractivity contribution in [3.05, 3.63) is 23.8 Å². The van der Waals surface area contributed by atoms with Gasteiger partial charge in [0.05, 0.1) is 0 Å². The predicted octanol–water partition coefficient (Wildman–Crippen LogP) is 4.15. The van der Waals surface area contributed by atoms with Crippen molar-refractivity contribution in [3.8, 4) is 0 Å². The summed E-state index contributed by atoms with van der Waals surface area (Å²) in [6, 6.07) is 0. The van der Waals surface area contributed by atoms with E-state index in [2.05, 4.69) is 32.9 Å². The molecule has 2 atom stereocenters. The molecule has 0 amide bonds. The summed E-state index contributed by atoms with van der Waals surface area (Å²) in [6.45, 7) is 8.44. The normalized spacial score (nSPS) is 14.9. The first-order valence-electron chi connectivity index (χ1n) is 5.81. The number of aldehydes is 1. The van der Waals surface area contributed by atoms with Gasteiger partial charge in [0, 0.05) is 5.92 Å². The summed E-state index contributed by atoms with van der Waals surface area (Å²) in [5, 5.41) is 0. The second-order valence-corrected chi connectivity index (χ2v) is 4.62. The molecule has 15 heavy (non-hydrogen) atoms. The Bertz CT molecular complexity index is 221. The molecule has 0 spiro atoms. The van der Waals surface area contributed by atoms with Crippen molar-refractivity contribution in [1.29, 1.82) is 0 Å². The molecule has 0 bridgehead atoms. The largest absolute Gasteiger partial charge is 0.303 e. The van der Waals surface area contributed by atoms with E-state index in [-0.39, 0.29) is 5.92 Å². The fourth-order valence-corrected chi connectivity index (χ4v) is 1.35. The first-order chi connectivity index (χ1) is 7.06. The topological polar surface area (TPSA) is 17.1 Å². The maximum Gasteiger partial charge on any atom is 0.126 e. The van der Waals surface area contributed by atoms with Gasteiger partial charge >= 0.3 is 0 Å². The van der Waals surface area contributed by atoms with Crippen LogP contribution in [0.1, 0.15) is 47.0 Å². The van der Waals surface area contributed by atoms with E-state index >= 15 is 0 Å². The fraction of sp³-hybridized carbons (Fsp3) is 0.643. The van der Waals surface area contributed by atoms with Gasteiger partial charge in [-0.1, -0.05) is 37.6 Å². The Morgan fingerprint density at radius 2 is 1.93 bits per heavy atom. The molecule has 1 nitrogen and oxygen atoms in total. The summed E-state index contributed by atoms with van der Waals surface area (Å²) in [4.78, 5) is 10.4. The Hall–Kier alpha value is -0.850. The quantitative estimate of drug-likeness (QED) is 0.454. The second kappa shape index (κ2) is 8.46. The molecular formula is C14H24O. The Balaban J connectivity index is 3.65. The van der Waals surface area contributed by atoms with E-state index in [9.17, 15) is 4.79 Å². The second-order valence-electron chi connectivity index (χ2n) is 4.62. The molecule has 0 rings (SSSR count). The lowest BCUT2D eigenvalue weighted by Crippen LogP contribution is -1.93. The molecule has 86 valence electrons. The third-order valence-corrected chi connectivity index (χ3v) is 2.40.